The molecule has 7 heteroatoms. The minimum atomic E-state index is -0.354. The Morgan fingerprint density at radius 3 is 2.46 bits per heavy atom. The summed E-state index contributed by atoms with van der Waals surface area (Å²) in [6.45, 7) is 3.40. The van der Waals surface area contributed by atoms with E-state index in [4.69, 9.17) is 11.6 Å². The molecule has 1 atom stereocenters. The minimum Gasteiger partial charge on any atom is -0.331 e. The molecule has 0 aliphatic rings. The van der Waals surface area contributed by atoms with Gasteiger partial charge in [-0.25, -0.2) is 4.79 Å². The average Bonchev–Trinajstić information content (AvgIpc) is 2.55. The second kappa shape index (κ2) is 8.31. The number of halogens is 1. The van der Waals surface area contributed by atoms with E-state index in [2.05, 4.69) is 20.9 Å². The van der Waals surface area contributed by atoms with Gasteiger partial charge in [-0.05, 0) is 42.3 Å². The van der Waals surface area contributed by atoms with Crippen LogP contribution in [0.5, 0.6) is 0 Å². The van der Waals surface area contributed by atoms with Crippen LogP contribution < -0.4 is 16.0 Å². The molecule has 1 aromatic carbocycles. The summed E-state index contributed by atoms with van der Waals surface area (Å²) in [4.78, 5) is 27.2. The van der Waals surface area contributed by atoms with E-state index in [1.54, 1.807) is 30.6 Å². The van der Waals surface area contributed by atoms with Gasteiger partial charge in [0, 0.05) is 25.0 Å². The average molecular weight is 347 g/mol. The van der Waals surface area contributed by atoms with Crippen molar-refractivity contribution < 1.29 is 9.59 Å². The molecule has 24 heavy (non-hydrogen) atoms. The molecule has 0 aliphatic heterocycles. The Morgan fingerprint density at radius 2 is 1.88 bits per heavy atom. The molecule has 3 N–H and O–H groups in total. The van der Waals surface area contributed by atoms with Crippen LogP contribution in [-0.2, 0) is 4.79 Å². The lowest BCUT2D eigenvalue weighted by molar-refractivity contribution is -0.114. The second-order valence-corrected chi connectivity index (χ2v) is 5.62. The molecule has 1 unspecified atom stereocenters. The molecule has 0 aliphatic carbocycles. The fourth-order valence-corrected chi connectivity index (χ4v) is 2.46. The first-order valence-electron chi connectivity index (χ1n) is 7.54. The van der Waals surface area contributed by atoms with Gasteiger partial charge in [-0.3, -0.25) is 9.78 Å². The van der Waals surface area contributed by atoms with E-state index < -0.39 is 0 Å². The summed E-state index contributed by atoms with van der Waals surface area (Å²) < 4.78 is 0. The number of anilines is 2. The van der Waals surface area contributed by atoms with Gasteiger partial charge in [0.05, 0.1) is 16.8 Å². The Bertz CT molecular complexity index is 722. The number of pyridine rings is 1. The maximum absolute atomic E-state index is 12.2. The van der Waals surface area contributed by atoms with Crippen LogP contribution in [-0.4, -0.2) is 16.9 Å². The molecule has 0 fully saturated rings. The van der Waals surface area contributed by atoms with E-state index in [1.165, 1.54) is 6.92 Å². The number of hydrogen-bond acceptors (Lipinski definition) is 3. The summed E-state index contributed by atoms with van der Waals surface area (Å²) in [6.07, 6.45) is 4.12. The van der Waals surface area contributed by atoms with Gasteiger partial charge in [0.1, 0.15) is 0 Å². The smallest absolute Gasteiger partial charge is 0.319 e. The third-order valence-electron chi connectivity index (χ3n) is 3.36. The summed E-state index contributed by atoms with van der Waals surface area (Å²) in [7, 11) is 0. The fraction of sp³-hybridized carbons (Fsp3) is 0.235. The number of carbonyl (C=O) groups excluding carboxylic acids is 2. The first kappa shape index (κ1) is 17.7. The van der Waals surface area contributed by atoms with Crippen LogP contribution in [0, 0.1) is 0 Å². The molecule has 0 saturated heterocycles. The summed E-state index contributed by atoms with van der Waals surface area (Å²) >= 11 is 6.14. The Morgan fingerprint density at radius 1 is 1.17 bits per heavy atom. The van der Waals surface area contributed by atoms with Crippen LogP contribution in [0.25, 0.3) is 0 Å². The van der Waals surface area contributed by atoms with Crippen molar-refractivity contribution in [3.63, 3.8) is 0 Å². The van der Waals surface area contributed by atoms with Crippen molar-refractivity contribution in [2.75, 3.05) is 10.6 Å². The third-order valence-corrected chi connectivity index (χ3v) is 3.67. The van der Waals surface area contributed by atoms with Crippen molar-refractivity contribution in [3.8, 4) is 0 Å². The Labute approximate surface area is 145 Å². The van der Waals surface area contributed by atoms with Gasteiger partial charge in [-0.2, -0.15) is 0 Å². The number of benzene rings is 1. The highest BCUT2D eigenvalue weighted by Gasteiger charge is 2.13. The SMILES string of the molecule is CCC(NC(=O)Nc1ccc(NC(C)=O)cc1Cl)c1ccncc1. The lowest BCUT2D eigenvalue weighted by atomic mass is 10.1. The van der Waals surface area contributed by atoms with Gasteiger partial charge < -0.3 is 16.0 Å². The molecular weight excluding hydrogens is 328 g/mol. The normalized spacial score (nSPS) is 11.5. The predicted molar refractivity (Wildman–Crippen MR) is 95.2 cm³/mol. The van der Waals surface area contributed by atoms with E-state index in [1.807, 2.05) is 19.1 Å². The zero-order chi connectivity index (χ0) is 17.5. The standard InChI is InChI=1S/C17H19ClN4O2/c1-3-15(12-6-8-19-9-7-12)21-17(24)22-16-5-4-13(10-14(16)18)20-11(2)23/h4-10,15H,3H2,1-2H3,(H,20,23)(H2,21,22,24). The quantitative estimate of drug-likeness (QED) is 0.766. The molecule has 3 amide bonds. The molecule has 0 bridgehead atoms. The van der Waals surface area contributed by atoms with Crippen LogP contribution in [0.4, 0.5) is 16.2 Å². The van der Waals surface area contributed by atoms with Crippen molar-refractivity contribution in [1.29, 1.82) is 0 Å². The first-order valence-corrected chi connectivity index (χ1v) is 7.92. The van der Waals surface area contributed by atoms with Gasteiger partial charge in [0.2, 0.25) is 5.91 Å². The Kier molecular flexibility index (Phi) is 6.14. The maximum Gasteiger partial charge on any atom is 0.319 e. The second-order valence-electron chi connectivity index (χ2n) is 5.22. The first-order chi connectivity index (χ1) is 11.5. The molecule has 0 radical (unpaired) electrons. The number of carbonyl (C=O) groups is 2. The van der Waals surface area contributed by atoms with Gasteiger partial charge in [0.15, 0.2) is 0 Å². The molecule has 1 aromatic heterocycles. The number of nitrogens with zero attached hydrogens (tertiary/aromatic N) is 1. The lowest BCUT2D eigenvalue weighted by Gasteiger charge is -2.18. The van der Waals surface area contributed by atoms with Crippen molar-refractivity contribution in [2.45, 2.75) is 26.3 Å². The van der Waals surface area contributed by atoms with Crippen LogP contribution >= 0.6 is 11.6 Å². The molecule has 0 spiro atoms. The van der Waals surface area contributed by atoms with Crippen molar-refractivity contribution >= 4 is 34.9 Å². The molecule has 2 aromatic rings. The van der Waals surface area contributed by atoms with Gasteiger partial charge in [0.25, 0.3) is 0 Å². The van der Waals surface area contributed by atoms with Gasteiger partial charge in [-0.15, -0.1) is 0 Å². The number of aromatic nitrogens is 1. The monoisotopic (exact) mass is 346 g/mol. The highest BCUT2D eigenvalue weighted by molar-refractivity contribution is 6.34. The summed E-state index contributed by atoms with van der Waals surface area (Å²) in [5, 5.41) is 8.59. The van der Waals surface area contributed by atoms with Crippen molar-refractivity contribution in [1.82, 2.24) is 10.3 Å². The van der Waals surface area contributed by atoms with Crippen molar-refractivity contribution in [2.24, 2.45) is 0 Å². The van der Waals surface area contributed by atoms with Crippen LogP contribution in [0.2, 0.25) is 5.02 Å². The zero-order valence-corrected chi connectivity index (χ0v) is 14.2. The molecule has 6 nitrogen and oxygen atoms in total. The zero-order valence-electron chi connectivity index (χ0n) is 13.5. The van der Waals surface area contributed by atoms with E-state index in [-0.39, 0.29) is 18.0 Å². The molecular formula is C17H19ClN4O2. The van der Waals surface area contributed by atoms with Gasteiger partial charge in [-0.1, -0.05) is 18.5 Å². The highest BCUT2D eigenvalue weighted by Crippen LogP contribution is 2.26. The highest BCUT2D eigenvalue weighted by atomic mass is 35.5. The topological polar surface area (TPSA) is 83.1 Å². The summed E-state index contributed by atoms with van der Waals surface area (Å²) in [6, 6.07) is 8.15. The number of urea groups is 1. The Hall–Kier alpha value is -2.60. The Balaban J connectivity index is 2.02. The number of amides is 3. The largest absolute Gasteiger partial charge is 0.331 e. The minimum absolute atomic E-state index is 0.120. The molecule has 126 valence electrons. The predicted octanol–water partition coefficient (Wildman–Crippen LogP) is 3.97. The van der Waals surface area contributed by atoms with Crippen LogP contribution in [0.3, 0.4) is 0 Å². The summed E-state index contributed by atoms with van der Waals surface area (Å²) in [5.41, 5.74) is 2.02. The van der Waals surface area contributed by atoms with E-state index in [0.29, 0.717) is 16.4 Å². The van der Waals surface area contributed by atoms with E-state index >= 15 is 0 Å². The molecule has 1 heterocycles. The van der Waals surface area contributed by atoms with Gasteiger partial charge >= 0.3 is 6.03 Å². The maximum atomic E-state index is 12.2. The number of rotatable bonds is 5. The van der Waals surface area contributed by atoms with Crippen LogP contribution in [0.15, 0.2) is 42.7 Å². The number of hydrogen-bond donors (Lipinski definition) is 3. The summed E-state index contributed by atoms with van der Waals surface area (Å²) in [5.74, 6) is -0.187. The van der Waals surface area contributed by atoms with Crippen LogP contribution in [0.1, 0.15) is 31.9 Å². The fourth-order valence-electron chi connectivity index (χ4n) is 2.23. The number of nitrogens with one attached hydrogen (secondary N) is 3. The third kappa shape index (κ3) is 4.96. The molecule has 2 rings (SSSR count). The van der Waals surface area contributed by atoms with E-state index in [0.717, 1.165) is 12.0 Å². The van der Waals surface area contributed by atoms with Crippen molar-refractivity contribution in [3.05, 3.63) is 53.3 Å². The lowest BCUT2D eigenvalue weighted by Crippen LogP contribution is -2.32. The van der Waals surface area contributed by atoms with E-state index in [9.17, 15) is 9.59 Å². The molecule has 0 saturated carbocycles.